The molecule has 0 radical (unpaired) electrons. The third-order valence-electron chi connectivity index (χ3n) is 14.5. The van der Waals surface area contributed by atoms with Crippen molar-refractivity contribution in [3.8, 4) is 23.0 Å². The van der Waals surface area contributed by atoms with Crippen LogP contribution in [0.25, 0.3) is 0 Å². The average molecular weight is 1090 g/mol. The number of hydrogen-bond acceptors (Lipinski definition) is 15. The van der Waals surface area contributed by atoms with Crippen LogP contribution in [0.4, 0.5) is 28.4 Å². The number of benzene rings is 5. The lowest BCUT2D eigenvalue weighted by molar-refractivity contribution is -0.118. The second-order valence-corrected chi connectivity index (χ2v) is 25.2. The molecule has 9 rings (SSSR count). The molecular weight excluding hydrogens is 1030 g/mol. The quantitative estimate of drug-likeness (QED) is 0.0418. The van der Waals surface area contributed by atoms with E-state index in [-0.39, 0.29) is 72.8 Å². The first-order valence-electron chi connectivity index (χ1n) is 25.4. The first kappa shape index (κ1) is 54.4. The minimum absolute atomic E-state index is 0.0316. The number of Topliss-reactive ketones (excluding diaryl/α,β-unsaturated/α-hetero) is 1. The first-order chi connectivity index (χ1) is 36.4. The zero-order chi connectivity index (χ0) is 54.1. The second kappa shape index (κ2) is 22.7. The Morgan fingerprint density at radius 3 is 1.68 bits per heavy atom. The Hall–Kier alpha value is -6.41. The number of ether oxygens (including phenoxy) is 4. The fourth-order valence-electron chi connectivity index (χ4n) is 10.6. The van der Waals surface area contributed by atoms with Gasteiger partial charge in [0.05, 0.1) is 55.9 Å². The summed E-state index contributed by atoms with van der Waals surface area (Å²) in [6.45, 7) is 7.05. The molecule has 3 amide bonds. The Morgan fingerprint density at radius 2 is 1.21 bits per heavy atom. The smallest absolute Gasteiger partial charge is 0.277 e. The van der Waals surface area contributed by atoms with Crippen LogP contribution < -0.4 is 43.9 Å². The van der Waals surface area contributed by atoms with Crippen LogP contribution >= 0.6 is 21.6 Å². The van der Waals surface area contributed by atoms with Gasteiger partial charge in [-0.05, 0) is 104 Å². The van der Waals surface area contributed by atoms with Crippen molar-refractivity contribution in [2.75, 3.05) is 79.2 Å². The number of nitrogens with zero attached hydrogens (tertiary/aromatic N) is 4. The highest BCUT2D eigenvalue weighted by Gasteiger charge is 2.41. The van der Waals surface area contributed by atoms with E-state index in [1.54, 1.807) is 33.3 Å². The maximum Gasteiger partial charge on any atom is 0.277 e. The van der Waals surface area contributed by atoms with E-state index < -0.39 is 15.4 Å². The molecule has 0 saturated carbocycles. The summed E-state index contributed by atoms with van der Waals surface area (Å²) in [5.41, 5.74) is 8.58. The van der Waals surface area contributed by atoms with Crippen LogP contribution in [0.1, 0.15) is 89.4 Å². The van der Waals surface area contributed by atoms with Gasteiger partial charge in [0.1, 0.15) is 18.5 Å². The number of carbonyl (C=O) groups is 4. The molecule has 5 aromatic rings. The molecule has 16 nitrogen and oxygen atoms in total. The summed E-state index contributed by atoms with van der Waals surface area (Å²) in [7, 11) is 7.11. The van der Waals surface area contributed by atoms with Crippen LogP contribution in [-0.2, 0) is 49.9 Å². The SMILES string of the molecule is CCC(=O)C(CCSSC(C)(C)CCC(=O)Nc1cc(COc2cc3c(cc2OC)C(=O)N2c4ccccc4C[C@H]2CN3C)cc(COc2cc3c(cc2OC)C(=O)N2c4ccccc4C[C@H]2CN3C)c1)S(=O)(=O)OC. The van der Waals surface area contributed by atoms with Crippen LogP contribution in [0, 0.1) is 0 Å². The van der Waals surface area contributed by atoms with Crippen molar-refractivity contribution < 1.29 is 50.7 Å². The topological polar surface area (TPSA) is 174 Å². The van der Waals surface area contributed by atoms with Gasteiger partial charge in [0.2, 0.25) is 5.91 Å². The largest absolute Gasteiger partial charge is 0.493 e. The highest BCUT2D eigenvalue weighted by molar-refractivity contribution is 8.77. The van der Waals surface area contributed by atoms with Gasteiger partial charge in [0.15, 0.2) is 28.8 Å². The van der Waals surface area contributed by atoms with Crippen LogP contribution in [-0.4, -0.2) is 108 Å². The minimum atomic E-state index is -4.01. The Labute approximate surface area is 453 Å². The predicted octanol–water partition coefficient (Wildman–Crippen LogP) is 9.50. The Morgan fingerprint density at radius 1 is 0.711 bits per heavy atom. The number of likely N-dealkylation sites (N-methyl/N-ethyl adjacent to an activating group) is 2. The summed E-state index contributed by atoms with van der Waals surface area (Å²) in [6, 6.07) is 28.8. The number of fused-ring (bicyclic) bond motifs is 8. The van der Waals surface area contributed by atoms with Crippen LogP contribution in [0.5, 0.6) is 23.0 Å². The van der Waals surface area contributed by atoms with Gasteiger partial charge in [0.25, 0.3) is 21.9 Å². The minimum Gasteiger partial charge on any atom is -0.493 e. The highest BCUT2D eigenvalue weighted by Crippen LogP contribution is 2.45. The molecule has 4 heterocycles. The summed E-state index contributed by atoms with van der Waals surface area (Å²) in [6.07, 6.45) is 2.43. The molecule has 5 aromatic carbocycles. The molecule has 0 bridgehead atoms. The second-order valence-electron chi connectivity index (χ2n) is 20.2. The zero-order valence-electron chi connectivity index (χ0n) is 44.2. The third kappa shape index (κ3) is 11.3. The molecule has 76 heavy (non-hydrogen) atoms. The maximum atomic E-state index is 14.3. The monoisotopic (exact) mass is 1090 g/mol. The number of hydrogen-bond donors (Lipinski definition) is 1. The number of methoxy groups -OCH3 is 2. The van der Waals surface area contributed by atoms with Crippen molar-refractivity contribution in [2.45, 2.75) is 94.6 Å². The summed E-state index contributed by atoms with van der Waals surface area (Å²) in [5.74, 6) is 1.29. The van der Waals surface area contributed by atoms with Gasteiger partial charge in [-0.25, -0.2) is 0 Å². The number of rotatable bonds is 21. The van der Waals surface area contributed by atoms with Crippen molar-refractivity contribution in [1.29, 1.82) is 0 Å². The standard InChI is InChI=1S/C57H65N5O11S3/c1-9-48(63)53(76(67,68)71-8)19-21-74-75-57(2,3)20-18-54(64)58-39-23-35(33-72-51-29-46-42(27-49(51)69-6)55(65)61-40(31-59(46)4)25-37-14-10-12-16-44(37)61)22-36(24-39)34-73-52-30-47-43(28-50(52)70-7)56(66)62-41(32-60(47)5)26-38-15-11-13-17-45(38)62/h10-17,22-24,27-30,40-41,53H,9,18-21,25-26,31-34H2,1-8H3,(H,58,64)/t40-,41-,53?/m0/s1. The fraction of sp³-hybridized carbons (Fsp3) is 0.404. The number of carbonyl (C=O) groups excluding carboxylic acids is 4. The molecule has 0 aromatic heterocycles. The van der Waals surface area contributed by atoms with E-state index in [1.807, 2.05) is 104 Å². The first-order valence-corrected chi connectivity index (χ1v) is 29.2. The number of para-hydroxylation sites is 2. The van der Waals surface area contributed by atoms with E-state index in [4.69, 9.17) is 18.9 Å². The summed E-state index contributed by atoms with van der Waals surface area (Å²) >= 11 is 0. The molecule has 19 heteroatoms. The van der Waals surface area contributed by atoms with Crippen molar-refractivity contribution >= 4 is 83.6 Å². The normalized spacial score (nSPS) is 17.1. The highest BCUT2D eigenvalue weighted by atomic mass is 33.1. The van der Waals surface area contributed by atoms with Crippen molar-refractivity contribution in [3.05, 3.63) is 124 Å². The molecule has 4 aliphatic rings. The van der Waals surface area contributed by atoms with Crippen molar-refractivity contribution in [3.63, 3.8) is 0 Å². The van der Waals surface area contributed by atoms with Gasteiger partial charge in [-0.3, -0.25) is 23.4 Å². The number of nitrogens with one attached hydrogen (secondary N) is 1. The van der Waals surface area contributed by atoms with Gasteiger partial charge >= 0.3 is 0 Å². The third-order valence-corrected chi connectivity index (χ3v) is 19.6. The molecule has 0 aliphatic carbocycles. The fourth-order valence-corrected chi connectivity index (χ4v) is 14.6. The average Bonchev–Trinajstić information content (AvgIpc) is 3.91. The molecule has 1 unspecified atom stereocenters. The van der Waals surface area contributed by atoms with E-state index in [2.05, 4.69) is 31.4 Å². The lowest BCUT2D eigenvalue weighted by Crippen LogP contribution is -2.41. The molecule has 0 spiro atoms. The molecule has 1 N–H and O–H groups in total. The maximum absolute atomic E-state index is 14.3. The molecule has 3 atom stereocenters. The van der Waals surface area contributed by atoms with Crippen molar-refractivity contribution in [2.24, 2.45) is 0 Å². The van der Waals surface area contributed by atoms with Crippen LogP contribution in [0.2, 0.25) is 0 Å². The van der Waals surface area contributed by atoms with Gasteiger partial charge in [0, 0.05) is 79.7 Å². The van der Waals surface area contributed by atoms with Gasteiger partial charge in [-0.2, -0.15) is 8.42 Å². The van der Waals surface area contributed by atoms with E-state index in [0.717, 1.165) is 65.0 Å². The number of ketones is 1. The molecular formula is C57H65N5O11S3. The van der Waals surface area contributed by atoms with Gasteiger partial charge in [-0.15, -0.1) is 0 Å². The summed E-state index contributed by atoms with van der Waals surface area (Å²) < 4.78 is 54.0. The molecule has 402 valence electrons. The van der Waals surface area contributed by atoms with Crippen LogP contribution in [0.15, 0.2) is 91.0 Å². The van der Waals surface area contributed by atoms with E-state index in [0.29, 0.717) is 65.1 Å². The van der Waals surface area contributed by atoms with Gasteiger partial charge in [-0.1, -0.05) is 64.9 Å². The summed E-state index contributed by atoms with van der Waals surface area (Å²) in [4.78, 5) is 62.8. The van der Waals surface area contributed by atoms with E-state index >= 15 is 0 Å². The molecule has 4 aliphatic heterocycles. The number of anilines is 5. The predicted molar refractivity (Wildman–Crippen MR) is 301 cm³/mol. The van der Waals surface area contributed by atoms with Crippen LogP contribution in [0.3, 0.4) is 0 Å². The lowest BCUT2D eigenvalue weighted by atomic mass is 10.1. The molecule has 0 fully saturated rings. The van der Waals surface area contributed by atoms with E-state index in [1.165, 1.54) is 21.6 Å². The zero-order valence-corrected chi connectivity index (χ0v) is 46.6. The Bertz CT molecular complexity index is 3010. The molecule has 0 saturated heterocycles. The van der Waals surface area contributed by atoms with Crippen molar-refractivity contribution in [1.82, 2.24) is 0 Å². The van der Waals surface area contributed by atoms with Gasteiger partial charge < -0.3 is 43.9 Å². The number of amides is 3. The summed E-state index contributed by atoms with van der Waals surface area (Å²) in [5, 5.41) is 1.88. The lowest BCUT2D eigenvalue weighted by Gasteiger charge is -2.25. The Kier molecular flexibility index (Phi) is 16.2. The van der Waals surface area contributed by atoms with E-state index in [9.17, 15) is 27.6 Å². The Balaban J connectivity index is 0.941.